The molecule has 0 spiro atoms. The standard InChI is InChI=1S/C28H32F2N4O5/c1-28(2,3)39-27(36)34-10-5-6-19(34)16-9-11-33-20(15-31-23(33)14-16)17-12-21(37-4)24(22(13-17)38-26(29)30)25(35)32-18-7-8-18/h9,11-15,18-19,26H,5-8,10H2,1-4H3,(H,32,35). The molecule has 1 aliphatic heterocycles. The van der Waals surface area contributed by atoms with E-state index in [9.17, 15) is 18.4 Å². The first-order valence-electron chi connectivity index (χ1n) is 13.0. The fourth-order valence-corrected chi connectivity index (χ4v) is 4.87. The first kappa shape index (κ1) is 26.7. The summed E-state index contributed by atoms with van der Waals surface area (Å²) in [5.41, 5.74) is 1.96. The van der Waals surface area contributed by atoms with E-state index in [1.165, 1.54) is 13.2 Å². The summed E-state index contributed by atoms with van der Waals surface area (Å²) >= 11 is 0. The molecule has 1 saturated carbocycles. The monoisotopic (exact) mass is 542 g/mol. The first-order valence-corrected chi connectivity index (χ1v) is 13.0. The fraction of sp³-hybridized carbons (Fsp3) is 0.464. The second kappa shape index (κ2) is 10.3. The molecular formula is C28H32F2N4O5. The van der Waals surface area contributed by atoms with Crippen molar-refractivity contribution in [3.8, 4) is 22.8 Å². The molecule has 0 bridgehead atoms. The number of rotatable bonds is 7. The van der Waals surface area contributed by atoms with Crippen LogP contribution < -0.4 is 14.8 Å². The van der Waals surface area contributed by atoms with E-state index in [0.717, 1.165) is 31.2 Å². The Hall–Kier alpha value is -3.89. The normalized spacial score (nSPS) is 17.5. The molecule has 1 N–H and O–H groups in total. The first-order chi connectivity index (χ1) is 18.5. The second-order valence-corrected chi connectivity index (χ2v) is 10.8. The van der Waals surface area contributed by atoms with Gasteiger partial charge in [-0.2, -0.15) is 8.78 Å². The predicted octanol–water partition coefficient (Wildman–Crippen LogP) is 5.58. The van der Waals surface area contributed by atoms with Crippen LogP contribution in [0.4, 0.5) is 13.6 Å². The van der Waals surface area contributed by atoms with Crippen LogP contribution in [0.5, 0.6) is 11.5 Å². The van der Waals surface area contributed by atoms with Gasteiger partial charge in [-0.05, 0) is 76.3 Å². The number of hydrogen-bond acceptors (Lipinski definition) is 6. The van der Waals surface area contributed by atoms with Gasteiger partial charge >= 0.3 is 12.7 Å². The number of pyridine rings is 1. The summed E-state index contributed by atoms with van der Waals surface area (Å²) in [7, 11) is 1.37. The zero-order chi connectivity index (χ0) is 27.9. The second-order valence-electron chi connectivity index (χ2n) is 10.8. The maximum atomic E-state index is 13.3. The van der Waals surface area contributed by atoms with Gasteiger partial charge in [0, 0.05) is 24.3 Å². The molecule has 2 aliphatic rings. The van der Waals surface area contributed by atoms with Gasteiger partial charge in [0.05, 0.1) is 25.0 Å². The summed E-state index contributed by atoms with van der Waals surface area (Å²) in [6.45, 7) is 3.01. The summed E-state index contributed by atoms with van der Waals surface area (Å²) < 4.78 is 44.2. The van der Waals surface area contributed by atoms with Crippen LogP contribution in [-0.2, 0) is 4.74 Å². The van der Waals surface area contributed by atoms with Gasteiger partial charge in [-0.15, -0.1) is 0 Å². The highest BCUT2D eigenvalue weighted by Gasteiger charge is 2.34. The number of hydrogen-bond donors (Lipinski definition) is 1. The number of nitrogens with one attached hydrogen (secondary N) is 1. The minimum absolute atomic E-state index is 0.0281. The highest BCUT2D eigenvalue weighted by molar-refractivity contribution is 6.01. The molecule has 11 heteroatoms. The van der Waals surface area contributed by atoms with E-state index < -0.39 is 18.1 Å². The smallest absolute Gasteiger partial charge is 0.410 e. The van der Waals surface area contributed by atoms with Crippen LogP contribution in [0.1, 0.15) is 68.4 Å². The maximum Gasteiger partial charge on any atom is 0.410 e. The van der Waals surface area contributed by atoms with Crippen molar-refractivity contribution in [2.45, 2.75) is 70.8 Å². The lowest BCUT2D eigenvalue weighted by Gasteiger charge is -2.28. The van der Waals surface area contributed by atoms with E-state index in [1.807, 2.05) is 39.1 Å². The molecule has 1 aliphatic carbocycles. The number of benzene rings is 1. The average Bonchev–Trinajstić information content (AvgIpc) is 3.36. The van der Waals surface area contributed by atoms with Crippen LogP contribution in [0.25, 0.3) is 16.9 Å². The van der Waals surface area contributed by atoms with Crippen LogP contribution in [0.2, 0.25) is 0 Å². The van der Waals surface area contributed by atoms with E-state index in [4.69, 9.17) is 14.2 Å². The lowest BCUT2D eigenvalue weighted by molar-refractivity contribution is -0.0502. The molecule has 39 heavy (non-hydrogen) atoms. The van der Waals surface area contributed by atoms with E-state index in [0.29, 0.717) is 23.4 Å². The minimum Gasteiger partial charge on any atom is -0.496 e. The van der Waals surface area contributed by atoms with Gasteiger partial charge < -0.3 is 24.4 Å². The Morgan fingerprint density at radius 1 is 1.13 bits per heavy atom. The summed E-state index contributed by atoms with van der Waals surface area (Å²) in [6, 6.07) is 6.72. The Kier molecular flexibility index (Phi) is 7.09. The van der Waals surface area contributed by atoms with E-state index >= 15 is 0 Å². The molecule has 1 atom stereocenters. The van der Waals surface area contributed by atoms with Crippen molar-refractivity contribution in [3.05, 3.63) is 47.8 Å². The summed E-state index contributed by atoms with van der Waals surface area (Å²) in [6.07, 6.45) is 6.45. The Morgan fingerprint density at radius 3 is 2.54 bits per heavy atom. The summed E-state index contributed by atoms with van der Waals surface area (Å²) in [5.74, 6) is -0.680. The van der Waals surface area contributed by atoms with E-state index in [2.05, 4.69) is 10.3 Å². The number of likely N-dealkylation sites (tertiary alicyclic amines) is 1. The van der Waals surface area contributed by atoms with Crippen LogP contribution in [0, 0.1) is 0 Å². The molecule has 9 nitrogen and oxygen atoms in total. The number of nitrogens with zero attached hydrogens (tertiary/aromatic N) is 3. The number of ether oxygens (including phenoxy) is 3. The number of amides is 2. The molecule has 3 heterocycles. The number of halogens is 2. The molecule has 1 unspecified atom stereocenters. The van der Waals surface area contributed by atoms with Gasteiger partial charge in [-0.25, -0.2) is 9.78 Å². The minimum atomic E-state index is -3.12. The molecule has 0 radical (unpaired) electrons. The Balaban J connectivity index is 1.48. The van der Waals surface area contributed by atoms with Gasteiger partial charge in [0.25, 0.3) is 5.91 Å². The van der Waals surface area contributed by atoms with Gasteiger partial charge in [-0.3, -0.25) is 9.20 Å². The fourth-order valence-electron chi connectivity index (χ4n) is 4.87. The zero-order valence-electron chi connectivity index (χ0n) is 22.4. The lowest BCUT2D eigenvalue weighted by atomic mass is 10.0. The van der Waals surface area contributed by atoms with E-state index in [1.54, 1.807) is 21.6 Å². The Bertz CT molecular complexity index is 1400. The van der Waals surface area contributed by atoms with Crippen molar-refractivity contribution < 1.29 is 32.6 Å². The number of carbonyl (C=O) groups is 2. The molecule has 2 aromatic heterocycles. The van der Waals surface area contributed by atoms with Crippen molar-refractivity contribution in [1.82, 2.24) is 19.6 Å². The van der Waals surface area contributed by atoms with Crippen molar-refractivity contribution >= 4 is 17.6 Å². The Labute approximate surface area is 225 Å². The van der Waals surface area contributed by atoms with Gasteiger partial charge in [-0.1, -0.05) is 0 Å². The third-order valence-corrected chi connectivity index (χ3v) is 6.74. The van der Waals surface area contributed by atoms with Gasteiger partial charge in [0.1, 0.15) is 28.3 Å². The molecule has 3 aromatic rings. The molecule has 2 amide bonds. The molecule has 1 saturated heterocycles. The SMILES string of the molecule is COc1cc(-c2cnc3cc(C4CCCN4C(=O)OC(C)(C)C)ccn23)cc(OC(F)F)c1C(=O)NC1CC1. The Morgan fingerprint density at radius 2 is 1.87 bits per heavy atom. The van der Waals surface area contributed by atoms with Gasteiger partial charge in [0.15, 0.2) is 0 Å². The number of carbonyl (C=O) groups excluding carboxylic acids is 2. The molecule has 1 aromatic carbocycles. The molecule has 208 valence electrons. The number of methoxy groups -OCH3 is 1. The zero-order valence-corrected chi connectivity index (χ0v) is 22.4. The summed E-state index contributed by atoms with van der Waals surface area (Å²) in [5, 5.41) is 2.80. The van der Waals surface area contributed by atoms with Crippen LogP contribution >= 0.6 is 0 Å². The number of fused-ring (bicyclic) bond motifs is 1. The molecule has 5 rings (SSSR count). The van der Waals surface area contributed by atoms with Crippen LogP contribution in [0.15, 0.2) is 36.7 Å². The maximum absolute atomic E-state index is 13.3. The highest BCUT2D eigenvalue weighted by atomic mass is 19.3. The highest BCUT2D eigenvalue weighted by Crippen LogP contribution is 2.38. The lowest BCUT2D eigenvalue weighted by Crippen LogP contribution is -2.36. The third kappa shape index (κ3) is 5.76. The topological polar surface area (TPSA) is 94.4 Å². The van der Waals surface area contributed by atoms with Crippen molar-refractivity contribution in [2.24, 2.45) is 0 Å². The van der Waals surface area contributed by atoms with Crippen molar-refractivity contribution in [1.29, 1.82) is 0 Å². The number of alkyl halides is 2. The average molecular weight is 543 g/mol. The molecular weight excluding hydrogens is 510 g/mol. The van der Waals surface area contributed by atoms with E-state index in [-0.39, 0.29) is 35.2 Å². The summed E-state index contributed by atoms with van der Waals surface area (Å²) in [4.78, 5) is 31.9. The van der Waals surface area contributed by atoms with Crippen molar-refractivity contribution in [2.75, 3.05) is 13.7 Å². The third-order valence-electron chi connectivity index (χ3n) is 6.74. The van der Waals surface area contributed by atoms with Crippen LogP contribution in [-0.4, -0.2) is 58.2 Å². The number of imidazole rings is 1. The van der Waals surface area contributed by atoms with Gasteiger partial charge in [0.2, 0.25) is 0 Å². The predicted molar refractivity (Wildman–Crippen MR) is 139 cm³/mol. The number of aromatic nitrogens is 2. The van der Waals surface area contributed by atoms with Crippen LogP contribution in [0.3, 0.4) is 0 Å². The quantitative estimate of drug-likeness (QED) is 0.419. The van der Waals surface area contributed by atoms with Crippen molar-refractivity contribution in [3.63, 3.8) is 0 Å². The largest absolute Gasteiger partial charge is 0.496 e. The molecule has 2 fully saturated rings.